The molecule has 3 nitrogen and oxygen atoms in total. The number of hydrogen-bond acceptors (Lipinski definition) is 3. The summed E-state index contributed by atoms with van der Waals surface area (Å²) in [5.41, 5.74) is 2.66. The fraction of sp³-hybridized carbons (Fsp3) is 0.353. The first-order chi connectivity index (χ1) is 9.97. The van der Waals surface area contributed by atoms with Crippen LogP contribution in [0.5, 0.6) is 11.6 Å². The predicted molar refractivity (Wildman–Crippen MR) is 82.2 cm³/mol. The molecule has 0 radical (unpaired) electrons. The molecule has 0 unspecified atom stereocenters. The number of nitrogens with zero attached hydrogens (tertiary/aromatic N) is 1. The van der Waals surface area contributed by atoms with Gasteiger partial charge in [-0.1, -0.05) is 31.5 Å². The van der Waals surface area contributed by atoms with Crippen LogP contribution < -0.4 is 10.1 Å². The number of halogens is 1. The summed E-state index contributed by atoms with van der Waals surface area (Å²) in [5, 5.41) is 3.19. The van der Waals surface area contributed by atoms with Gasteiger partial charge >= 0.3 is 0 Å². The Morgan fingerprint density at radius 1 is 1.24 bits per heavy atom. The summed E-state index contributed by atoms with van der Waals surface area (Å²) < 4.78 is 20.0. The molecule has 21 heavy (non-hydrogen) atoms. The summed E-state index contributed by atoms with van der Waals surface area (Å²) in [6, 6.07) is 7.73. The number of aryl methyl sites for hydroxylation is 2. The summed E-state index contributed by atoms with van der Waals surface area (Å²) in [7, 11) is 0. The Morgan fingerprint density at radius 3 is 2.67 bits per heavy atom. The molecule has 0 aliphatic heterocycles. The van der Waals surface area contributed by atoms with Gasteiger partial charge in [-0.3, -0.25) is 0 Å². The van der Waals surface area contributed by atoms with E-state index in [2.05, 4.69) is 10.3 Å². The van der Waals surface area contributed by atoms with Crippen molar-refractivity contribution in [3.63, 3.8) is 0 Å². The first-order valence-electron chi connectivity index (χ1n) is 7.09. The molecule has 0 spiro atoms. The molecular weight excluding hydrogens is 267 g/mol. The van der Waals surface area contributed by atoms with Gasteiger partial charge in [-0.15, -0.1) is 0 Å². The van der Waals surface area contributed by atoms with E-state index in [1.165, 1.54) is 0 Å². The normalized spacial score (nSPS) is 11.0. The second-order valence-electron chi connectivity index (χ2n) is 5.50. The average molecular weight is 288 g/mol. The second-order valence-corrected chi connectivity index (χ2v) is 5.50. The van der Waals surface area contributed by atoms with E-state index in [1.807, 2.05) is 45.9 Å². The molecule has 0 bridgehead atoms. The Labute approximate surface area is 125 Å². The SMILES string of the molecule is Cc1ccc(Oc2nccc(CNC(C)C)c2F)c(C)c1. The fourth-order valence-electron chi connectivity index (χ4n) is 2.00. The number of nitrogens with one attached hydrogen (secondary N) is 1. The van der Waals surface area contributed by atoms with E-state index in [0.717, 1.165) is 11.1 Å². The van der Waals surface area contributed by atoms with Gasteiger partial charge in [0.2, 0.25) is 0 Å². The highest BCUT2D eigenvalue weighted by atomic mass is 19.1. The number of pyridine rings is 1. The van der Waals surface area contributed by atoms with E-state index >= 15 is 0 Å². The maximum absolute atomic E-state index is 14.4. The van der Waals surface area contributed by atoms with E-state index in [0.29, 0.717) is 23.9 Å². The van der Waals surface area contributed by atoms with Gasteiger partial charge < -0.3 is 10.1 Å². The number of benzene rings is 1. The highest BCUT2D eigenvalue weighted by Gasteiger charge is 2.13. The third-order valence-corrected chi connectivity index (χ3v) is 3.18. The van der Waals surface area contributed by atoms with Gasteiger partial charge in [-0.2, -0.15) is 0 Å². The fourth-order valence-corrected chi connectivity index (χ4v) is 2.00. The number of aromatic nitrogens is 1. The lowest BCUT2D eigenvalue weighted by atomic mass is 10.1. The molecule has 1 aromatic heterocycles. The lowest BCUT2D eigenvalue weighted by Crippen LogP contribution is -2.22. The Morgan fingerprint density at radius 2 is 2.00 bits per heavy atom. The van der Waals surface area contributed by atoms with E-state index < -0.39 is 5.82 Å². The lowest BCUT2D eigenvalue weighted by Gasteiger charge is -2.12. The van der Waals surface area contributed by atoms with Crippen molar-refractivity contribution in [2.75, 3.05) is 0 Å². The summed E-state index contributed by atoms with van der Waals surface area (Å²) in [5.74, 6) is 0.233. The second kappa shape index (κ2) is 6.68. The third-order valence-electron chi connectivity index (χ3n) is 3.18. The van der Waals surface area contributed by atoms with Gasteiger partial charge in [0.15, 0.2) is 5.82 Å². The van der Waals surface area contributed by atoms with Crippen LogP contribution in [0.25, 0.3) is 0 Å². The van der Waals surface area contributed by atoms with Gasteiger partial charge in [-0.25, -0.2) is 9.37 Å². The van der Waals surface area contributed by atoms with Crippen LogP contribution in [0, 0.1) is 19.7 Å². The van der Waals surface area contributed by atoms with Gasteiger partial charge in [0.05, 0.1) is 0 Å². The lowest BCUT2D eigenvalue weighted by molar-refractivity contribution is 0.414. The zero-order chi connectivity index (χ0) is 15.4. The molecule has 1 heterocycles. The maximum atomic E-state index is 14.4. The van der Waals surface area contributed by atoms with Crippen LogP contribution in [0.3, 0.4) is 0 Å². The largest absolute Gasteiger partial charge is 0.436 e. The molecule has 0 aliphatic rings. The molecule has 0 saturated heterocycles. The summed E-state index contributed by atoms with van der Waals surface area (Å²) in [6.45, 7) is 8.44. The van der Waals surface area contributed by atoms with Crippen LogP contribution in [0.15, 0.2) is 30.5 Å². The van der Waals surface area contributed by atoms with E-state index in [1.54, 1.807) is 12.3 Å². The smallest absolute Gasteiger partial charge is 0.256 e. The van der Waals surface area contributed by atoms with Crippen molar-refractivity contribution in [3.05, 3.63) is 53.0 Å². The predicted octanol–water partition coefficient (Wildman–Crippen LogP) is 4.13. The van der Waals surface area contributed by atoms with Crippen LogP contribution in [0.2, 0.25) is 0 Å². The molecule has 1 N–H and O–H groups in total. The quantitative estimate of drug-likeness (QED) is 0.898. The highest BCUT2D eigenvalue weighted by molar-refractivity contribution is 5.38. The highest BCUT2D eigenvalue weighted by Crippen LogP contribution is 2.27. The zero-order valence-corrected chi connectivity index (χ0v) is 12.9. The van der Waals surface area contributed by atoms with Crippen molar-refractivity contribution in [3.8, 4) is 11.6 Å². The molecule has 112 valence electrons. The number of ether oxygens (including phenoxy) is 1. The Hall–Kier alpha value is -1.94. The van der Waals surface area contributed by atoms with E-state index in [9.17, 15) is 4.39 Å². The Bertz CT molecular complexity index is 626. The van der Waals surface area contributed by atoms with Crippen molar-refractivity contribution in [2.24, 2.45) is 0 Å². The van der Waals surface area contributed by atoms with Crippen LogP contribution in [0.1, 0.15) is 30.5 Å². The summed E-state index contributed by atoms with van der Waals surface area (Å²) in [6.07, 6.45) is 1.57. The van der Waals surface area contributed by atoms with E-state index in [4.69, 9.17) is 4.74 Å². The minimum absolute atomic E-state index is 0.0185. The third kappa shape index (κ3) is 4.02. The van der Waals surface area contributed by atoms with Gasteiger partial charge in [-0.05, 0) is 31.5 Å². The van der Waals surface area contributed by atoms with Crippen LogP contribution >= 0.6 is 0 Å². The first-order valence-corrected chi connectivity index (χ1v) is 7.09. The molecule has 1 aromatic carbocycles. The van der Waals surface area contributed by atoms with Crippen molar-refractivity contribution < 1.29 is 9.13 Å². The molecular formula is C17H21FN2O. The monoisotopic (exact) mass is 288 g/mol. The summed E-state index contributed by atoms with van der Waals surface area (Å²) in [4.78, 5) is 4.00. The molecule has 0 fully saturated rings. The van der Waals surface area contributed by atoms with Crippen molar-refractivity contribution in [1.29, 1.82) is 0 Å². The van der Waals surface area contributed by atoms with Crippen LogP contribution in [-0.2, 0) is 6.54 Å². The Balaban J connectivity index is 2.22. The number of hydrogen-bond donors (Lipinski definition) is 1. The molecule has 2 rings (SSSR count). The van der Waals surface area contributed by atoms with E-state index in [-0.39, 0.29) is 5.88 Å². The van der Waals surface area contributed by atoms with Crippen LogP contribution in [0.4, 0.5) is 4.39 Å². The molecule has 0 saturated carbocycles. The summed E-state index contributed by atoms with van der Waals surface area (Å²) >= 11 is 0. The van der Waals surface area contributed by atoms with Crippen LogP contribution in [-0.4, -0.2) is 11.0 Å². The average Bonchev–Trinajstić information content (AvgIpc) is 2.42. The van der Waals surface area contributed by atoms with Crippen molar-refractivity contribution in [2.45, 2.75) is 40.3 Å². The molecule has 0 atom stereocenters. The van der Waals surface area contributed by atoms with Crippen molar-refractivity contribution in [1.82, 2.24) is 10.3 Å². The molecule has 4 heteroatoms. The first kappa shape index (κ1) is 15.4. The van der Waals surface area contributed by atoms with Gasteiger partial charge in [0.25, 0.3) is 5.88 Å². The minimum Gasteiger partial charge on any atom is -0.436 e. The minimum atomic E-state index is -0.411. The van der Waals surface area contributed by atoms with Crippen molar-refractivity contribution >= 4 is 0 Å². The van der Waals surface area contributed by atoms with Gasteiger partial charge in [0, 0.05) is 24.3 Å². The molecule has 0 amide bonds. The number of rotatable bonds is 5. The standard InChI is InChI=1S/C17H21FN2O/c1-11(2)20-10-14-7-8-19-17(16(14)18)21-15-6-5-12(3)9-13(15)4/h5-9,11,20H,10H2,1-4H3. The topological polar surface area (TPSA) is 34.1 Å². The van der Waals surface area contributed by atoms with Gasteiger partial charge in [0.1, 0.15) is 5.75 Å². The molecule has 0 aliphatic carbocycles. The zero-order valence-electron chi connectivity index (χ0n) is 12.9. The Kier molecular flexibility index (Phi) is 4.91. The molecule has 2 aromatic rings. The maximum Gasteiger partial charge on any atom is 0.256 e.